The van der Waals surface area contributed by atoms with Crippen molar-refractivity contribution in [1.82, 2.24) is 15.3 Å². The molecule has 7 rings (SSSR count). The van der Waals surface area contributed by atoms with Crippen LogP contribution in [0.1, 0.15) is 51.4 Å². The summed E-state index contributed by atoms with van der Waals surface area (Å²) < 4.78 is 0. The van der Waals surface area contributed by atoms with Crippen LogP contribution >= 0.6 is 0 Å². The van der Waals surface area contributed by atoms with Crippen molar-refractivity contribution in [3.63, 3.8) is 0 Å². The minimum Gasteiger partial charge on any atom is -0.364 e. The van der Waals surface area contributed by atoms with Crippen molar-refractivity contribution in [3.8, 4) is 0 Å². The Morgan fingerprint density at radius 2 is 1.50 bits per heavy atom. The highest BCUT2D eigenvalue weighted by atomic mass is 15.3. The number of rotatable bonds is 4. The van der Waals surface area contributed by atoms with E-state index < -0.39 is 0 Å². The van der Waals surface area contributed by atoms with Crippen molar-refractivity contribution in [2.75, 3.05) is 54.4 Å². The van der Waals surface area contributed by atoms with Gasteiger partial charge in [-0.1, -0.05) is 0 Å². The molecule has 4 bridgehead atoms. The zero-order valence-electron chi connectivity index (χ0n) is 17.0. The normalized spacial score (nSPS) is 36.9. The molecule has 0 radical (unpaired) electrons. The van der Waals surface area contributed by atoms with Gasteiger partial charge in [-0.2, -0.15) is 9.97 Å². The predicted molar refractivity (Wildman–Crippen MR) is 113 cm³/mol. The minimum atomic E-state index is 0.298. The van der Waals surface area contributed by atoms with Crippen LogP contribution in [0.4, 0.5) is 17.6 Å². The van der Waals surface area contributed by atoms with E-state index >= 15 is 0 Å². The second-order valence-corrected chi connectivity index (χ2v) is 10.2. The van der Waals surface area contributed by atoms with E-state index in [4.69, 9.17) is 9.97 Å². The molecule has 4 saturated carbocycles. The predicted octanol–water partition coefficient (Wildman–Crippen LogP) is 2.87. The number of hydrogen-bond acceptors (Lipinski definition) is 6. The van der Waals surface area contributed by atoms with Gasteiger partial charge < -0.3 is 20.4 Å². The Balaban J connectivity index is 1.31. The van der Waals surface area contributed by atoms with E-state index in [1.165, 1.54) is 51.4 Å². The first-order valence-corrected chi connectivity index (χ1v) is 11.6. The van der Waals surface area contributed by atoms with Crippen LogP contribution in [-0.4, -0.2) is 54.8 Å². The summed E-state index contributed by atoms with van der Waals surface area (Å²) in [6.45, 7) is 6.35. The van der Waals surface area contributed by atoms with Crippen LogP contribution in [0.15, 0.2) is 6.07 Å². The first-order chi connectivity index (χ1) is 13.7. The van der Waals surface area contributed by atoms with Crippen LogP contribution in [0.3, 0.4) is 0 Å². The lowest BCUT2D eigenvalue weighted by molar-refractivity contribution is 0.0105. The Labute approximate surface area is 168 Å². The van der Waals surface area contributed by atoms with Gasteiger partial charge in [-0.05, 0) is 69.1 Å². The van der Waals surface area contributed by atoms with Gasteiger partial charge in [-0.25, -0.2) is 0 Å². The van der Waals surface area contributed by atoms with Crippen LogP contribution in [0, 0.1) is 17.8 Å². The van der Waals surface area contributed by atoms with Gasteiger partial charge in [-0.15, -0.1) is 0 Å². The van der Waals surface area contributed by atoms with E-state index in [1.54, 1.807) is 0 Å². The van der Waals surface area contributed by atoms with Gasteiger partial charge in [0, 0.05) is 50.9 Å². The average molecular weight is 383 g/mol. The third-order valence-corrected chi connectivity index (χ3v) is 7.96. The van der Waals surface area contributed by atoms with E-state index in [-0.39, 0.29) is 0 Å². The molecular weight excluding hydrogens is 348 g/mol. The summed E-state index contributed by atoms with van der Waals surface area (Å²) in [5.74, 6) is 5.99. The summed E-state index contributed by atoms with van der Waals surface area (Å²) in [4.78, 5) is 14.9. The topological polar surface area (TPSA) is 56.3 Å². The number of hydrogen-bond donors (Lipinski definition) is 2. The fourth-order valence-corrected chi connectivity index (χ4v) is 7.14. The molecule has 6 fully saturated rings. The van der Waals surface area contributed by atoms with Crippen LogP contribution < -0.4 is 20.4 Å². The fraction of sp³-hybridized carbons (Fsp3) is 0.818. The molecule has 1 aromatic rings. The summed E-state index contributed by atoms with van der Waals surface area (Å²) in [5.41, 5.74) is 0.298. The van der Waals surface area contributed by atoms with Crippen LogP contribution in [0.25, 0.3) is 0 Å². The van der Waals surface area contributed by atoms with Gasteiger partial charge >= 0.3 is 0 Å². The summed E-state index contributed by atoms with van der Waals surface area (Å²) in [5, 5.41) is 7.47. The van der Waals surface area contributed by atoms with Crippen molar-refractivity contribution in [1.29, 1.82) is 0 Å². The van der Waals surface area contributed by atoms with Gasteiger partial charge in [-0.3, -0.25) is 0 Å². The molecule has 6 nitrogen and oxygen atoms in total. The van der Waals surface area contributed by atoms with E-state index in [2.05, 4.69) is 26.5 Å². The number of piperazine rings is 1. The molecule has 0 unspecified atom stereocenters. The maximum atomic E-state index is 5.05. The second-order valence-electron chi connectivity index (χ2n) is 10.2. The molecule has 6 aliphatic rings. The molecule has 2 saturated heterocycles. The number of aromatic nitrogens is 2. The van der Waals surface area contributed by atoms with E-state index in [9.17, 15) is 0 Å². The maximum absolute atomic E-state index is 5.05. The van der Waals surface area contributed by atoms with Crippen LogP contribution in [0.2, 0.25) is 0 Å². The fourth-order valence-electron chi connectivity index (χ4n) is 7.14. The average Bonchev–Trinajstić information content (AvgIpc) is 3.22. The van der Waals surface area contributed by atoms with Gasteiger partial charge in [0.15, 0.2) is 0 Å². The zero-order valence-corrected chi connectivity index (χ0v) is 17.0. The highest BCUT2D eigenvalue weighted by Crippen LogP contribution is 2.56. The third kappa shape index (κ3) is 3.14. The Morgan fingerprint density at radius 1 is 0.857 bits per heavy atom. The standard InChI is InChI=1S/C22H34N6/c1-2-6-28(5-1)21-24-19(12-20(25-21)27-7-3-23-4-8-27)26-22-13-16-9-17(14-22)11-18(10-16)15-22/h12,16-18,23H,1-11,13-15H2,(H,24,25,26). The summed E-state index contributed by atoms with van der Waals surface area (Å²) in [7, 11) is 0. The number of anilines is 3. The molecule has 28 heavy (non-hydrogen) atoms. The van der Waals surface area contributed by atoms with Crippen LogP contribution in [0.5, 0.6) is 0 Å². The summed E-state index contributed by atoms with van der Waals surface area (Å²) in [6.07, 6.45) is 11.0. The molecule has 3 heterocycles. The van der Waals surface area contributed by atoms with E-state index in [0.717, 1.165) is 74.6 Å². The summed E-state index contributed by atoms with van der Waals surface area (Å²) in [6, 6.07) is 2.24. The number of nitrogens with zero attached hydrogens (tertiary/aromatic N) is 4. The molecule has 2 N–H and O–H groups in total. The minimum absolute atomic E-state index is 0.298. The Kier molecular flexibility index (Phi) is 4.17. The Hall–Kier alpha value is -1.56. The Morgan fingerprint density at radius 3 is 2.14 bits per heavy atom. The smallest absolute Gasteiger partial charge is 0.229 e. The third-order valence-electron chi connectivity index (χ3n) is 7.96. The second kappa shape index (κ2) is 6.75. The lowest BCUT2D eigenvalue weighted by Crippen LogP contribution is -2.55. The molecule has 2 aliphatic heterocycles. The van der Waals surface area contributed by atoms with Gasteiger partial charge in [0.1, 0.15) is 11.6 Å². The zero-order chi connectivity index (χ0) is 18.6. The molecule has 1 aromatic heterocycles. The van der Waals surface area contributed by atoms with E-state index in [0.29, 0.717) is 5.54 Å². The molecule has 0 amide bonds. The van der Waals surface area contributed by atoms with Gasteiger partial charge in [0.05, 0.1) is 0 Å². The van der Waals surface area contributed by atoms with Crippen molar-refractivity contribution in [2.24, 2.45) is 17.8 Å². The SMILES string of the molecule is c1c(NC23CC4CC(CC(C4)C2)C3)nc(N2CCCC2)nc1N1CCNCC1. The van der Waals surface area contributed by atoms with Crippen molar-refractivity contribution < 1.29 is 0 Å². The highest BCUT2D eigenvalue weighted by Gasteiger charge is 2.51. The monoisotopic (exact) mass is 382 g/mol. The quantitative estimate of drug-likeness (QED) is 0.835. The molecule has 6 heteroatoms. The highest BCUT2D eigenvalue weighted by molar-refractivity contribution is 5.56. The first-order valence-electron chi connectivity index (χ1n) is 11.6. The molecule has 0 atom stereocenters. The van der Waals surface area contributed by atoms with Gasteiger partial charge in [0.25, 0.3) is 0 Å². The van der Waals surface area contributed by atoms with Gasteiger partial charge in [0.2, 0.25) is 5.95 Å². The summed E-state index contributed by atoms with van der Waals surface area (Å²) >= 11 is 0. The molecule has 0 aromatic carbocycles. The maximum Gasteiger partial charge on any atom is 0.229 e. The molecular formula is C22H34N6. The van der Waals surface area contributed by atoms with Crippen LogP contribution in [-0.2, 0) is 0 Å². The molecule has 4 aliphatic carbocycles. The lowest BCUT2D eigenvalue weighted by atomic mass is 9.53. The van der Waals surface area contributed by atoms with E-state index in [1.807, 2.05) is 0 Å². The van der Waals surface area contributed by atoms with Crippen molar-refractivity contribution in [3.05, 3.63) is 6.07 Å². The van der Waals surface area contributed by atoms with Crippen molar-refractivity contribution >= 4 is 17.6 Å². The Bertz CT molecular complexity index is 686. The molecule has 152 valence electrons. The number of nitrogens with one attached hydrogen (secondary N) is 2. The first kappa shape index (κ1) is 17.3. The lowest BCUT2D eigenvalue weighted by Gasteiger charge is -2.57. The molecule has 0 spiro atoms. The van der Waals surface area contributed by atoms with Crippen molar-refractivity contribution in [2.45, 2.75) is 56.9 Å². The largest absolute Gasteiger partial charge is 0.364 e.